The van der Waals surface area contributed by atoms with E-state index in [2.05, 4.69) is 21.6 Å². The molecule has 0 aromatic heterocycles. The number of nitrogens with one attached hydrogen (secondary N) is 2. The predicted molar refractivity (Wildman–Crippen MR) is 106 cm³/mol. The van der Waals surface area contributed by atoms with E-state index in [4.69, 9.17) is 5.73 Å². The lowest BCUT2D eigenvalue weighted by Crippen LogP contribution is -2.62. The molecule has 1 amide bonds. The summed E-state index contributed by atoms with van der Waals surface area (Å²) in [5, 5.41) is 7.26. The topological polar surface area (TPSA) is 70.4 Å². The molecule has 5 heteroatoms. The van der Waals surface area contributed by atoms with Crippen LogP contribution in [0.3, 0.4) is 0 Å². The summed E-state index contributed by atoms with van der Waals surface area (Å²) in [6.07, 6.45) is 16.8. The van der Waals surface area contributed by atoms with Crippen molar-refractivity contribution in [3.05, 3.63) is 47.3 Å². The largest absolute Gasteiger partial charge is 0.365 e. The van der Waals surface area contributed by atoms with E-state index < -0.39 is 0 Å². The number of dihydropyridines is 1. The summed E-state index contributed by atoms with van der Waals surface area (Å²) in [5.74, 6) is 0.521. The molecular formula is C21H32N4O. The normalized spacial score (nSPS) is 25.5. The number of carbonyl (C=O) groups is 1. The number of likely N-dealkylation sites (tertiary alicyclic amines) is 1. The van der Waals surface area contributed by atoms with Crippen molar-refractivity contribution in [2.75, 3.05) is 13.1 Å². The van der Waals surface area contributed by atoms with Gasteiger partial charge < -0.3 is 21.3 Å². The maximum absolute atomic E-state index is 11.9. The van der Waals surface area contributed by atoms with Gasteiger partial charge in [0.2, 0.25) is 0 Å². The standard InChI is InChI=1S/C19H26N4O.C2H6/c20-18(24)16-10-13-6-4-5-9-17(13)22-19(16)23-11-15(12-23)21-14-7-2-1-3-8-14;1-2/h4-6,9-10,14-15,17,21-22H,1-3,7-8,11-12H2,(H2,20,24);1-2H3. The van der Waals surface area contributed by atoms with Gasteiger partial charge in [-0.2, -0.15) is 0 Å². The summed E-state index contributed by atoms with van der Waals surface area (Å²) < 4.78 is 0. The van der Waals surface area contributed by atoms with Gasteiger partial charge in [-0.15, -0.1) is 0 Å². The first-order valence-corrected chi connectivity index (χ1v) is 10.1. The maximum atomic E-state index is 11.9. The monoisotopic (exact) mass is 356 g/mol. The summed E-state index contributed by atoms with van der Waals surface area (Å²) in [6.45, 7) is 5.87. The fourth-order valence-electron chi connectivity index (χ4n) is 4.10. The molecule has 4 rings (SSSR count). The smallest absolute Gasteiger partial charge is 0.252 e. The average Bonchev–Trinajstić information content (AvgIpc) is 2.65. The Kier molecular flexibility index (Phi) is 6.20. The molecule has 0 radical (unpaired) electrons. The molecule has 2 fully saturated rings. The summed E-state index contributed by atoms with van der Waals surface area (Å²) in [6, 6.07) is 1.33. The van der Waals surface area contributed by atoms with E-state index in [0.29, 0.717) is 17.7 Å². The molecule has 4 aliphatic rings. The highest BCUT2D eigenvalue weighted by Gasteiger charge is 2.34. The highest BCUT2D eigenvalue weighted by molar-refractivity contribution is 5.96. The molecule has 1 atom stereocenters. The van der Waals surface area contributed by atoms with Crippen LogP contribution in [-0.2, 0) is 4.79 Å². The SMILES string of the molecule is CC.NC(=O)C1=C(N2CC(NC3CCCCC3)C2)NC2C=CC=CC2=C1. The van der Waals surface area contributed by atoms with Gasteiger partial charge in [0.1, 0.15) is 5.82 Å². The van der Waals surface area contributed by atoms with Crippen molar-refractivity contribution in [2.45, 2.75) is 64.1 Å². The summed E-state index contributed by atoms with van der Waals surface area (Å²) in [4.78, 5) is 14.1. The van der Waals surface area contributed by atoms with E-state index in [9.17, 15) is 4.79 Å². The first-order valence-electron chi connectivity index (χ1n) is 10.1. The van der Waals surface area contributed by atoms with Crippen LogP contribution >= 0.6 is 0 Å². The molecule has 0 aromatic carbocycles. The van der Waals surface area contributed by atoms with Crippen molar-refractivity contribution >= 4 is 5.91 Å². The zero-order chi connectivity index (χ0) is 18.5. The van der Waals surface area contributed by atoms with Crippen LogP contribution in [0.2, 0.25) is 0 Å². The lowest BCUT2D eigenvalue weighted by molar-refractivity contribution is -0.114. The number of carbonyl (C=O) groups excluding carboxylic acids is 1. The molecule has 142 valence electrons. The number of amides is 1. The van der Waals surface area contributed by atoms with Gasteiger partial charge in [-0.05, 0) is 24.5 Å². The lowest BCUT2D eigenvalue weighted by Gasteiger charge is -2.46. The molecule has 1 unspecified atom stereocenters. The van der Waals surface area contributed by atoms with Crippen molar-refractivity contribution in [3.63, 3.8) is 0 Å². The minimum absolute atomic E-state index is 0.137. The zero-order valence-corrected chi connectivity index (χ0v) is 16.0. The van der Waals surface area contributed by atoms with Crippen molar-refractivity contribution < 1.29 is 4.79 Å². The number of hydrogen-bond acceptors (Lipinski definition) is 4. The minimum atomic E-state index is -0.366. The Balaban J connectivity index is 0.000000948. The second-order valence-electron chi connectivity index (χ2n) is 7.24. The number of nitrogens with two attached hydrogens (primary N) is 1. The highest BCUT2D eigenvalue weighted by Crippen LogP contribution is 2.27. The van der Waals surface area contributed by atoms with Crippen LogP contribution in [0.25, 0.3) is 0 Å². The van der Waals surface area contributed by atoms with E-state index in [1.54, 1.807) is 0 Å². The minimum Gasteiger partial charge on any atom is -0.365 e. The van der Waals surface area contributed by atoms with Gasteiger partial charge in [0.05, 0.1) is 11.6 Å². The van der Waals surface area contributed by atoms with Crippen LogP contribution in [0.15, 0.2) is 47.3 Å². The molecule has 0 bridgehead atoms. The molecular weight excluding hydrogens is 324 g/mol. The highest BCUT2D eigenvalue weighted by atomic mass is 16.1. The molecule has 26 heavy (non-hydrogen) atoms. The number of fused-ring (bicyclic) bond motifs is 1. The van der Waals surface area contributed by atoms with Crippen LogP contribution in [0.5, 0.6) is 0 Å². The van der Waals surface area contributed by atoms with Crippen molar-refractivity contribution in [2.24, 2.45) is 5.73 Å². The lowest BCUT2D eigenvalue weighted by atomic mass is 9.93. The Hall–Kier alpha value is -2.01. The van der Waals surface area contributed by atoms with Crippen LogP contribution in [0, 0.1) is 0 Å². The summed E-state index contributed by atoms with van der Waals surface area (Å²) in [5.41, 5.74) is 7.30. The second-order valence-corrected chi connectivity index (χ2v) is 7.24. The molecule has 1 saturated carbocycles. The molecule has 2 aliphatic carbocycles. The Labute approximate surface area is 157 Å². The Morgan fingerprint density at radius 2 is 1.88 bits per heavy atom. The molecule has 2 heterocycles. The first kappa shape index (κ1) is 18.8. The van der Waals surface area contributed by atoms with E-state index in [1.165, 1.54) is 32.1 Å². The number of hydrogen-bond donors (Lipinski definition) is 3. The molecule has 2 aliphatic heterocycles. The van der Waals surface area contributed by atoms with E-state index in [1.807, 2.05) is 38.2 Å². The number of allylic oxidation sites excluding steroid dienone is 2. The van der Waals surface area contributed by atoms with Crippen LogP contribution in [-0.4, -0.2) is 42.0 Å². The van der Waals surface area contributed by atoms with Gasteiger partial charge in [-0.3, -0.25) is 4.79 Å². The fraction of sp³-hybridized carbons (Fsp3) is 0.571. The summed E-state index contributed by atoms with van der Waals surface area (Å²) in [7, 11) is 0. The van der Waals surface area contributed by atoms with Crippen LogP contribution < -0.4 is 16.4 Å². The van der Waals surface area contributed by atoms with Crippen molar-refractivity contribution in [1.29, 1.82) is 0 Å². The predicted octanol–water partition coefficient (Wildman–Crippen LogP) is 2.34. The molecule has 0 spiro atoms. The van der Waals surface area contributed by atoms with Gasteiger partial charge in [0.15, 0.2) is 0 Å². The quantitative estimate of drug-likeness (QED) is 0.723. The Morgan fingerprint density at radius 3 is 2.58 bits per heavy atom. The molecule has 5 nitrogen and oxygen atoms in total. The Morgan fingerprint density at radius 1 is 1.15 bits per heavy atom. The molecule has 1 saturated heterocycles. The third kappa shape index (κ3) is 4.04. The van der Waals surface area contributed by atoms with Gasteiger partial charge >= 0.3 is 0 Å². The van der Waals surface area contributed by atoms with E-state index >= 15 is 0 Å². The van der Waals surface area contributed by atoms with E-state index in [-0.39, 0.29) is 11.9 Å². The van der Waals surface area contributed by atoms with Gasteiger partial charge in [-0.25, -0.2) is 0 Å². The Bertz CT molecular complexity index is 634. The van der Waals surface area contributed by atoms with Gasteiger partial charge in [-0.1, -0.05) is 57.4 Å². The molecule has 4 N–H and O–H groups in total. The van der Waals surface area contributed by atoms with Crippen molar-refractivity contribution in [1.82, 2.24) is 15.5 Å². The number of primary amides is 1. The van der Waals surface area contributed by atoms with Gasteiger partial charge in [0, 0.05) is 25.2 Å². The van der Waals surface area contributed by atoms with E-state index in [0.717, 1.165) is 24.5 Å². The van der Waals surface area contributed by atoms with Crippen molar-refractivity contribution in [3.8, 4) is 0 Å². The van der Waals surface area contributed by atoms with Gasteiger partial charge in [0.25, 0.3) is 5.91 Å². The third-order valence-corrected chi connectivity index (χ3v) is 5.46. The second kappa shape index (κ2) is 8.58. The zero-order valence-electron chi connectivity index (χ0n) is 16.0. The van der Waals surface area contributed by atoms with Crippen LogP contribution in [0.4, 0.5) is 0 Å². The fourth-order valence-corrected chi connectivity index (χ4v) is 4.10. The molecule has 0 aromatic rings. The van der Waals surface area contributed by atoms with Crippen LogP contribution in [0.1, 0.15) is 46.0 Å². The summed E-state index contributed by atoms with van der Waals surface area (Å²) >= 11 is 0. The first-order chi connectivity index (χ1) is 12.7. The number of nitrogens with zero attached hydrogens (tertiary/aromatic N) is 1. The number of rotatable bonds is 4. The third-order valence-electron chi connectivity index (χ3n) is 5.46. The maximum Gasteiger partial charge on any atom is 0.252 e. The average molecular weight is 357 g/mol.